The molecule has 176 valence electrons. The molecule has 0 radical (unpaired) electrons. The van der Waals surface area contributed by atoms with E-state index in [1.165, 1.54) is 17.0 Å². The Morgan fingerprint density at radius 3 is 2.50 bits per heavy atom. The highest BCUT2D eigenvalue weighted by molar-refractivity contribution is 6.22. The second kappa shape index (κ2) is 9.91. The number of hydrogen-bond donors (Lipinski definition) is 1. The molecular weight excluding hydrogens is 436 g/mol. The van der Waals surface area contributed by atoms with Gasteiger partial charge in [-0.2, -0.15) is 0 Å². The number of hydrogen-bond acceptors (Lipinski definition) is 6. The number of ether oxygens (including phenoxy) is 2. The zero-order valence-electron chi connectivity index (χ0n) is 19.0. The number of carbonyl (C=O) groups excluding carboxylic acids is 4. The summed E-state index contributed by atoms with van der Waals surface area (Å²) in [5, 5.41) is 2.66. The fraction of sp³-hybridized carbons (Fsp3) is 0.308. The zero-order chi connectivity index (χ0) is 24.2. The molecule has 4 rings (SSSR count). The summed E-state index contributed by atoms with van der Waals surface area (Å²) in [5.41, 5.74) is 1.11. The van der Waals surface area contributed by atoms with E-state index in [0.29, 0.717) is 30.2 Å². The molecule has 1 heterocycles. The van der Waals surface area contributed by atoms with Crippen LogP contribution < -0.4 is 15.0 Å². The Hall–Kier alpha value is -3.94. The lowest BCUT2D eigenvalue weighted by atomic mass is 9.78. The maximum absolute atomic E-state index is 12.9. The summed E-state index contributed by atoms with van der Waals surface area (Å²) < 4.78 is 10.6. The Labute approximate surface area is 197 Å². The van der Waals surface area contributed by atoms with Crippen molar-refractivity contribution in [2.45, 2.75) is 20.3 Å². The number of amides is 3. The Morgan fingerprint density at radius 2 is 1.79 bits per heavy atom. The monoisotopic (exact) mass is 462 g/mol. The number of carbonyl (C=O) groups is 4. The number of benzene rings is 2. The van der Waals surface area contributed by atoms with Crippen LogP contribution in [0.1, 0.15) is 30.6 Å². The van der Waals surface area contributed by atoms with Crippen molar-refractivity contribution in [2.75, 3.05) is 23.4 Å². The van der Waals surface area contributed by atoms with Gasteiger partial charge in [0.25, 0.3) is 5.91 Å². The van der Waals surface area contributed by atoms with Crippen LogP contribution in [0.5, 0.6) is 5.75 Å². The summed E-state index contributed by atoms with van der Waals surface area (Å²) in [7, 11) is 0. The molecule has 2 aromatic carbocycles. The second-order valence-electron chi connectivity index (χ2n) is 8.27. The van der Waals surface area contributed by atoms with E-state index < -0.39 is 18.5 Å². The molecule has 1 saturated heterocycles. The van der Waals surface area contributed by atoms with Gasteiger partial charge in [0.2, 0.25) is 11.8 Å². The molecule has 1 aliphatic heterocycles. The zero-order valence-corrected chi connectivity index (χ0v) is 19.0. The van der Waals surface area contributed by atoms with Crippen LogP contribution in [0.3, 0.4) is 0 Å². The van der Waals surface area contributed by atoms with E-state index in [2.05, 4.69) is 5.32 Å². The smallest absolute Gasteiger partial charge is 0.338 e. The molecule has 1 fully saturated rings. The number of fused-ring (bicyclic) bond motifs is 1. The quantitative estimate of drug-likeness (QED) is 0.383. The minimum atomic E-state index is -0.689. The van der Waals surface area contributed by atoms with Crippen molar-refractivity contribution in [1.29, 1.82) is 0 Å². The molecule has 0 aromatic heterocycles. The minimum Gasteiger partial charge on any atom is -0.492 e. The van der Waals surface area contributed by atoms with Gasteiger partial charge in [0, 0.05) is 0 Å². The SMILES string of the molecule is CCOc1ccccc1NC(=O)COC(=O)c1ccc(N2C(=O)[C@@H]3[C@@H](C)C=CC[C@H]3C2=O)cc1. The van der Waals surface area contributed by atoms with E-state index in [0.717, 1.165) is 0 Å². The van der Waals surface area contributed by atoms with E-state index >= 15 is 0 Å². The maximum Gasteiger partial charge on any atom is 0.338 e. The lowest BCUT2D eigenvalue weighted by Gasteiger charge is -2.22. The van der Waals surface area contributed by atoms with Crippen LogP contribution in [0.2, 0.25) is 0 Å². The van der Waals surface area contributed by atoms with Crippen LogP contribution in [0.25, 0.3) is 0 Å². The number of nitrogens with one attached hydrogen (secondary N) is 1. The van der Waals surface area contributed by atoms with Crippen LogP contribution in [0.4, 0.5) is 11.4 Å². The molecule has 8 nitrogen and oxygen atoms in total. The first-order chi connectivity index (χ1) is 16.4. The first kappa shape index (κ1) is 23.2. The molecule has 0 saturated carbocycles. The van der Waals surface area contributed by atoms with Crippen molar-refractivity contribution < 1.29 is 28.7 Å². The Morgan fingerprint density at radius 1 is 1.06 bits per heavy atom. The number of para-hydroxylation sites is 2. The minimum absolute atomic E-state index is 0.00102. The number of allylic oxidation sites excluding steroid dienone is 2. The molecule has 2 aliphatic rings. The van der Waals surface area contributed by atoms with E-state index in [4.69, 9.17) is 9.47 Å². The number of nitrogens with zero attached hydrogens (tertiary/aromatic N) is 1. The first-order valence-corrected chi connectivity index (χ1v) is 11.2. The molecule has 8 heteroatoms. The topological polar surface area (TPSA) is 102 Å². The van der Waals surface area contributed by atoms with E-state index in [-0.39, 0.29) is 35.1 Å². The number of esters is 1. The molecule has 3 atom stereocenters. The van der Waals surface area contributed by atoms with Crippen molar-refractivity contribution in [3.05, 3.63) is 66.2 Å². The third kappa shape index (κ3) is 4.57. The summed E-state index contributed by atoms with van der Waals surface area (Å²) in [4.78, 5) is 51.6. The van der Waals surface area contributed by atoms with Gasteiger partial charge in [-0.25, -0.2) is 4.79 Å². The molecular formula is C26H26N2O6. The van der Waals surface area contributed by atoms with Gasteiger partial charge in [-0.1, -0.05) is 31.2 Å². The van der Waals surface area contributed by atoms with E-state index in [9.17, 15) is 19.2 Å². The molecule has 0 unspecified atom stereocenters. The van der Waals surface area contributed by atoms with E-state index in [1.807, 2.05) is 26.0 Å². The Balaban J connectivity index is 1.36. The summed E-state index contributed by atoms with van der Waals surface area (Å²) in [6.45, 7) is 3.75. The van der Waals surface area contributed by atoms with Crippen molar-refractivity contribution in [2.24, 2.45) is 17.8 Å². The van der Waals surface area contributed by atoms with E-state index in [1.54, 1.807) is 36.4 Å². The molecule has 0 bridgehead atoms. The number of anilines is 2. The highest BCUT2D eigenvalue weighted by atomic mass is 16.5. The van der Waals surface area contributed by atoms with Gasteiger partial charge in [-0.3, -0.25) is 19.3 Å². The average Bonchev–Trinajstić information content (AvgIpc) is 3.10. The van der Waals surface area contributed by atoms with Crippen molar-refractivity contribution >= 4 is 35.1 Å². The standard InChI is InChI=1S/C26H26N2O6/c1-3-33-21-10-5-4-9-20(21)27-22(29)15-34-26(32)17-11-13-18(14-12-17)28-24(30)19-8-6-7-16(2)23(19)25(28)31/h4-7,9-14,16,19,23H,3,8,15H2,1-2H3,(H,27,29)/t16-,19+,23+/m0/s1. The van der Waals surface area contributed by atoms with Gasteiger partial charge in [-0.15, -0.1) is 0 Å². The van der Waals surface area contributed by atoms with Gasteiger partial charge < -0.3 is 14.8 Å². The van der Waals surface area contributed by atoms with Gasteiger partial charge in [0.15, 0.2) is 6.61 Å². The second-order valence-corrected chi connectivity index (χ2v) is 8.27. The fourth-order valence-corrected chi connectivity index (χ4v) is 4.40. The Kier molecular flexibility index (Phi) is 6.77. The predicted octanol–water partition coefficient (Wildman–Crippen LogP) is 3.58. The van der Waals surface area contributed by atoms with Gasteiger partial charge in [-0.05, 0) is 55.7 Å². The molecule has 0 spiro atoms. The fourth-order valence-electron chi connectivity index (χ4n) is 4.40. The van der Waals surface area contributed by atoms with Crippen LogP contribution in [-0.4, -0.2) is 36.9 Å². The highest BCUT2D eigenvalue weighted by Crippen LogP contribution is 2.40. The van der Waals surface area contributed by atoms with Crippen molar-refractivity contribution in [3.63, 3.8) is 0 Å². The number of imide groups is 1. The molecule has 3 amide bonds. The van der Waals surface area contributed by atoms with Crippen LogP contribution >= 0.6 is 0 Å². The van der Waals surface area contributed by atoms with Crippen LogP contribution in [0.15, 0.2) is 60.7 Å². The average molecular weight is 463 g/mol. The maximum atomic E-state index is 12.9. The van der Waals surface area contributed by atoms with Gasteiger partial charge in [0.05, 0.1) is 35.4 Å². The third-order valence-electron chi connectivity index (χ3n) is 6.03. The summed E-state index contributed by atoms with van der Waals surface area (Å²) in [6, 6.07) is 13.0. The Bertz CT molecular complexity index is 1140. The first-order valence-electron chi connectivity index (χ1n) is 11.2. The normalized spacial score (nSPS) is 21.2. The molecule has 2 aromatic rings. The molecule has 1 aliphatic carbocycles. The van der Waals surface area contributed by atoms with Crippen molar-refractivity contribution in [3.8, 4) is 5.75 Å². The summed E-state index contributed by atoms with van der Waals surface area (Å²) in [5.74, 6) is -1.80. The van der Waals surface area contributed by atoms with Crippen molar-refractivity contribution in [1.82, 2.24) is 0 Å². The molecule has 34 heavy (non-hydrogen) atoms. The predicted molar refractivity (Wildman–Crippen MR) is 125 cm³/mol. The van der Waals surface area contributed by atoms with Crippen LogP contribution in [-0.2, 0) is 19.1 Å². The largest absolute Gasteiger partial charge is 0.492 e. The van der Waals surface area contributed by atoms with Gasteiger partial charge >= 0.3 is 5.97 Å². The lowest BCUT2D eigenvalue weighted by Crippen LogP contribution is -2.31. The lowest BCUT2D eigenvalue weighted by molar-refractivity contribution is -0.123. The highest BCUT2D eigenvalue weighted by Gasteiger charge is 2.50. The summed E-state index contributed by atoms with van der Waals surface area (Å²) in [6.07, 6.45) is 4.48. The summed E-state index contributed by atoms with van der Waals surface area (Å²) >= 11 is 0. The third-order valence-corrected chi connectivity index (χ3v) is 6.03. The molecule has 1 N–H and O–H groups in total. The number of rotatable bonds is 7. The van der Waals surface area contributed by atoms with Gasteiger partial charge in [0.1, 0.15) is 5.75 Å². The van der Waals surface area contributed by atoms with Crippen LogP contribution in [0, 0.1) is 17.8 Å².